The van der Waals surface area contributed by atoms with E-state index >= 15 is 0 Å². The van der Waals surface area contributed by atoms with Crippen LogP contribution in [0, 0.1) is 4.84 Å². The molecule has 0 spiro atoms. The number of aromatic nitrogens is 1. The summed E-state index contributed by atoms with van der Waals surface area (Å²) >= 11 is 5.50. The van der Waals surface area contributed by atoms with Gasteiger partial charge in [-0.1, -0.05) is 12.1 Å². The predicted octanol–water partition coefficient (Wildman–Crippen LogP) is 4.95. The minimum Gasteiger partial charge on any atom is -0.497 e. The lowest BCUT2D eigenvalue weighted by Crippen LogP contribution is -2.46. The Morgan fingerprint density at radius 2 is 1.74 bits per heavy atom. The summed E-state index contributed by atoms with van der Waals surface area (Å²) < 4.78 is 47.4. The molecule has 4 aromatic rings. The van der Waals surface area contributed by atoms with Crippen LogP contribution in [0.15, 0.2) is 76.0 Å². The quantitative estimate of drug-likeness (QED) is 0.291. The zero-order valence-corrected chi connectivity index (χ0v) is 22.9. The lowest BCUT2D eigenvalue weighted by Gasteiger charge is -2.36. The van der Waals surface area contributed by atoms with Gasteiger partial charge in [-0.3, -0.25) is 14.2 Å². The van der Waals surface area contributed by atoms with Crippen LogP contribution in [0.4, 0.5) is 11.4 Å². The van der Waals surface area contributed by atoms with Crippen molar-refractivity contribution in [3.8, 4) is 11.5 Å². The van der Waals surface area contributed by atoms with Crippen molar-refractivity contribution in [3.05, 3.63) is 71.6 Å². The lowest BCUT2D eigenvalue weighted by molar-refractivity contribution is 0.204. The zero-order chi connectivity index (χ0) is 26.7. The molecular formula is C27H30N4O5S2. The fraction of sp³-hybridized carbons (Fsp3) is 0.296. The summed E-state index contributed by atoms with van der Waals surface area (Å²) in [5, 5.41) is 0. The molecule has 1 N–H and O–H groups in total. The fourth-order valence-electron chi connectivity index (χ4n) is 4.54. The summed E-state index contributed by atoms with van der Waals surface area (Å²) in [4.78, 5) is 5.04. The largest absolute Gasteiger partial charge is 0.497 e. The number of anilines is 2. The summed E-state index contributed by atoms with van der Waals surface area (Å²) in [6.07, 6.45) is 0. The maximum absolute atomic E-state index is 13.1. The standard InChI is InChI=1S/C27H30N4O5S2/c1-3-35-25-7-5-4-6-23(25)30-16-14-29(15-17-30)19-31-24-18-22(12-13-26(24)36-27(31)37)38(32,33)28-20-8-10-21(34-2)11-9-20/h4-13,18,28H,3,14-17,19H2,1-2H3. The topological polar surface area (TPSA) is 89.2 Å². The molecule has 1 aliphatic rings. The highest BCUT2D eigenvalue weighted by atomic mass is 32.2. The Labute approximate surface area is 227 Å². The molecule has 9 nitrogen and oxygen atoms in total. The minimum absolute atomic E-state index is 0.128. The zero-order valence-electron chi connectivity index (χ0n) is 21.3. The van der Waals surface area contributed by atoms with E-state index in [2.05, 4.69) is 20.6 Å². The second-order valence-corrected chi connectivity index (χ2v) is 10.9. The first-order valence-corrected chi connectivity index (χ1v) is 14.3. The van der Waals surface area contributed by atoms with Crippen LogP contribution >= 0.6 is 12.2 Å². The molecule has 0 radical (unpaired) electrons. The third-order valence-corrected chi connectivity index (χ3v) is 8.19. The summed E-state index contributed by atoms with van der Waals surface area (Å²) in [5.41, 5.74) is 2.72. The van der Waals surface area contributed by atoms with Crippen molar-refractivity contribution in [2.75, 3.05) is 49.5 Å². The molecule has 0 bridgehead atoms. The molecule has 11 heteroatoms. The van der Waals surface area contributed by atoms with Crippen LogP contribution in [0.3, 0.4) is 0 Å². The van der Waals surface area contributed by atoms with E-state index in [0.717, 1.165) is 37.6 Å². The van der Waals surface area contributed by atoms with Crippen LogP contribution in [-0.2, 0) is 16.7 Å². The Kier molecular flexibility index (Phi) is 7.59. The second-order valence-electron chi connectivity index (χ2n) is 8.91. The number of ether oxygens (including phenoxy) is 2. The number of nitrogens with zero attached hydrogens (tertiary/aromatic N) is 3. The van der Waals surface area contributed by atoms with Gasteiger partial charge in [0.05, 0.1) is 36.5 Å². The number of benzene rings is 3. The smallest absolute Gasteiger partial charge is 0.270 e. The number of rotatable bonds is 9. The summed E-state index contributed by atoms with van der Waals surface area (Å²) in [5.74, 6) is 1.54. The van der Waals surface area contributed by atoms with Crippen molar-refractivity contribution in [2.45, 2.75) is 18.5 Å². The number of hydrogen-bond donors (Lipinski definition) is 1. The van der Waals surface area contributed by atoms with E-state index < -0.39 is 10.0 Å². The van der Waals surface area contributed by atoms with E-state index in [4.69, 9.17) is 26.1 Å². The highest BCUT2D eigenvalue weighted by molar-refractivity contribution is 7.92. The van der Waals surface area contributed by atoms with Crippen molar-refractivity contribution in [2.24, 2.45) is 0 Å². The van der Waals surface area contributed by atoms with Crippen LogP contribution < -0.4 is 19.1 Å². The van der Waals surface area contributed by atoms with Crippen LogP contribution in [0.2, 0.25) is 0 Å². The SMILES string of the molecule is CCOc1ccccc1N1CCN(Cn2c(=S)oc3ccc(S(=O)(=O)Nc4ccc(OC)cc4)cc32)CC1. The summed E-state index contributed by atoms with van der Waals surface area (Å²) in [6, 6.07) is 19.6. The van der Waals surface area contributed by atoms with Gasteiger partial charge in [0.25, 0.3) is 14.9 Å². The average Bonchev–Trinajstić information content (AvgIpc) is 3.24. The molecule has 38 heavy (non-hydrogen) atoms. The normalized spacial score (nSPS) is 14.5. The maximum Gasteiger partial charge on any atom is 0.270 e. The van der Waals surface area contributed by atoms with Gasteiger partial charge in [0.2, 0.25) is 0 Å². The molecule has 5 rings (SSSR count). The second kappa shape index (κ2) is 11.1. The molecule has 1 saturated heterocycles. The first kappa shape index (κ1) is 26.1. The van der Waals surface area contributed by atoms with E-state index in [9.17, 15) is 8.42 Å². The predicted molar refractivity (Wildman–Crippen MR) is 150 cm³/mol. The van der Waals surface area contributed by atoms with Crippen LogP contribution in [-0.4, -0.2) is 57.8 Å². The summed E-state index contributed by atoms with van der Waals surface area (Å²) in [7, 11) is -2.26. The van der Waals surface area contributed by atoms with Crippen molar-refractivity contribution < 1.29 is 22.3 Å². The van der Waals surface area contributed by atoms with Crippen LogP contribution in [0.5, 0.6) is 11.5 Å². The van der Waals surface area contributed by atoms with Gasteiger partial charge in [-0.2, -0.15) is 0 Å². The molecule has 0 amide bonds. The third-order valence-electron chi connectivity index (χ3n) is 6.51. The molecular weight excluding hydrogens is 524 g/mol. The Hall–Kier alpha value is -3.54. The average molecular weight is 555 g/mol. The molecule has 0 unspecified atom stereocenters. The molecule has 1 aliphatic heterocycles. The number of oxazole rings is 1. The molecule has 3 aromatic carbocycles. The van der Waals surface area contributed by atoms with Gasteiger partial charge in [-0.05, 0) is 73.7 Å². The van der Waals surface area contributed by atoms with E-state index in [1.54, 1.807) is 43.5 Å². The number of nitrogens with one attached hydrogen (secondary N) is 1. The number of hydrogen-bond acceptors (Lipinski definition) is 8. The first-order valence-electron chi connectivity index (χ1n) is 12.4. The number of piperazine rings is 1. The highest BCUT2D eigenvalue weighted by Crippen LogP contribution is 2.29. The van der Waals surface area contributed by atoms with Gasteiger partial charge in [0.15, 0.2) is 5.58 Å². The Bertz CT molecular complexity index is 1570. The van der Waals surface area contributed by atoms with Crippen molar-refractivity contribution >= 4 is 44.7 Å². The van der Waals surface area contributed by atoms with E-state index in [0.29, 0.717) is 40.6 Å². The Morgan fingerprint density at radius 3 is 2.45 bits per heavy atom. The van der Waals surface area contributed by atoms with Crippen molar-refractivity contribution in [3.63, 3.8) is 0 Å². The highest BCUT2D eigenvalue weighted by Gasteiger charge is 2.22. The maximum atomic E-state index is 13.1. The van der Waals surface area contributed by atoms with Gasteiger partial charge in [0, 0.05) is 31.9 Å². The van der Waals surface area contributed by atoms with Gasteiger partial charge < -0.3 is 18.8 Å². The third kappa shape index (κ3) is 5.50. The van der Waals surface area contributed by atoms with Crippen LogP contribution in [0.1, 0.15) is 6.92 Å². The molecule has 1 aromatic heterocycles. The number of methoxy groups -OCH3 is 1. The van der Waals surface area contributed by atoms with Gasteiger partial charge in [0.1, 0.15) is 11.5 Å². The monoisotopic (exact) mass is 554 g/mol. The van der Waals surface area contributed by atoms with Crippen LogP contribution in [0.25, 0.3) is 11.1 Å². The van der Waals surface area contributed by atoms with Crippen molar-refractivity contribution in [1.29, 1.82) is 0 Å². The van der Waals surface area contributed by atoms with E-state index in [1.165, 1.54) is 6.07 Å². The van der Waals surface area contributed by atoms with E-state index in [1.807, 2.05) is 29.7 Å². The molecule has 0 saturated carbocycles. The number of sulfonamides is 1. The molecule has 2 heterocycles. The first-order chi connectivity index (χ1) is 18.4. The molecule has 200 valence electrons. The van der Waals surface area contributed by atoms with E-state index in [-0.39, 0.29) is 4.90 Å². The van der Waals surface area contributed by atoms with Gasteiger partial charge >= 0.3 is 0 Å². The molecule has 1 fully saturated rings. The number of para-hydroxylation sites is 2. The minimum atomic E-state index is -3.82. The molecule has 0 aliphatic carbocycles. The van der Waals surface area contributed by atoms with Crippen molar-refractivity contribution in [1.82, 2.24) is 9.47 Å². The lowest BCUT2D eigenvalue weighted by atomic mass is 10.2. The van der Waals surface area contributed by atoms with Gasteiger partial charge in [-0.15, -0.1) is 0 Å². The summed E-state index contributed by atoms with van der Waals surface area (Å²) in [6.45, 7) is 6.40. The Morgan fingerprint density at radius 1 is 1.00 bits per heavy atom. The number of fused-ring (bicyclic) bond motifs is 1. The fourth-order valence-corrected chi connectivity index (χ4v) is 5.87. The molecule has 0 atom stereocenters. The Balaban J connectivity index is 1.32. The van der Waals surface area contributed by atoms with Gasteiger partial charge in [-0.25, -0.2) is 8.42 Å².